The van der Waals surface area contributed by atoms with E-state index in [-0.39, 0.29) is 24.5 Å². The average Bonchev–Trinajstić information content (AvgIpc) is 3.36. The fourth-order valence-corrected chi connectivity index (χ4v) is 3.03. The zero-order valence-electron chi connectivity index (χ0n) is 16.6. The third-order valence-electron chi connectivity index (χ3n) is 4.71. The molecule has 4 rings (SSSR count). The first kappa shape index (κ1) is 19.4. The molecule has 0 aliphatic carbocycles. The second kappa shape index (κ2) is 8.20. The number of hydrogen-bond acceptors (Lipinski definition) is 6. The Bertz CT molecular complexity index is 1210. The minimum atomic E-state index is -0.517. The molecular formula is C22H20N4O4. The summed E-state index contributed by atoms with van der Waals surface area (Å²) < 4.78 is 10.8. The summed E-state index contributed by atoms with van der Waals surface area (Å²) in [7, 11) is 0. The van der Waals surface area contributed by atoms with Gasteiger partial charge in [0.2, 0.25) is 17.6 Å². The van der Waals surface area contributed by atoms with E-state index in [1.54, 1.807) is 13.0 Å². The van der Waals surface area contributed by atoms with Gasteiger partial charge in [0, 0.05) is 29.4 Å². The Balaban J connectivity index is 1.30. The normalized spacial score (nSPS) is 10.9. The topological polar surface area (TPSA) is 110 Å². The first-order valence-corrected chi connectivity index (χ1v) is 9.48. The highest BCUT2D eigenvalue weighted by Gasteiger charge is 2.18. The lowest BCUT2D eigenvalue weighted by Gasteiger charge is -2.05. The van der Waals surface area contributed by atoms with Crippen LogP contribution in [-0.4, -0.2) is 22.0 Å². The average molecular weight is 404 g/mol. The van der Waals surface area contributed by atoms with E-state index in [1.807, 2.05) is 49.4 Å². The van der Waals surface area contributed by atoms with Gasteiger partial charge in [-0.1, -0.05) is 53.2 Å². The van der Waals surface area contributed by atoms with Crippen LogP contribution in [0.2, 0.25) is 0 Å². The van der Waals surface area contributed by atoms with E-state index in [2.05, 4.69) is 21.0 Å². The van der Waals surface area contributed by atoms with Crippen molar-refractivity contribution in [2.24, 2.45) is 0 Å². The van der Waals surface area contributed by atoms with Crippen LogP contribution in [0.4, 0.5) is 0 Å². The predicted molar refractivity (Wildman–Crippen MR) is 109 cm³/mol. The van der Waals surface area contributed by atoms with Crippen LogP contribution in [0.1, 0.15) is 34.0 Å². The molecule has 8 heteroatoms. The Morgan fingerprint density at radius 2 is 1.77 bits per heavy atom. The predicted octanol–water partition coefficient (Wildman–Crippen LogP) is 3.49. The van der Waals surface area contributed by atoms with E-state index in [9.17, 15) is 9.59 Å². The molecule has 152 valence electrons. The lowest BCUT2D eigenvalue weighted by molar-refractivity contribution is -0.121. The van der Waals surface area contributed by atoms with Gasteiger partial charge in [0.05, 0.1) is 0 Å². The molecule has 0 aliphatic rings. The van der Waals surface area contributed by atoms with Crippen molar-refractivity contribution in [3.63, 3.8) is 0 Å². The van der Waals surface area contributed by atoms with Crippen LogP contribution >= 0.6 is 0 Å². The summed E-state index contributed by atoms with van der Waals surface area (Å²) in [5.74, 6) is 0.0825. The lowest BCUT2D eigenvalue weighted by Crippen LogP contribution is -2.41. The Hall–Kier alpha value is -3.94. The summed E-state index contributed by atoms with van der Waals surface area (Å²) in [6, 6.07) is 15.1. The largest absolute Gasteiger partial charge is 0.451 e. The molecule has 2 N–H and O–H groups in total. The second-order valence-corrected chi connectivity index (χ2v) is 6.93. The SMILES string of the molecule is Cc1ccc(-c2noc(CCC(=O)NNC(=O)c3oc4ccccc4c3C)n2)cc1. The summed E-state index contributed by atoms with van der Waals surface area (Å²) >= 11 is 0. The van der Waals surface area contributed by atoms with Gasteiger partial charge < -0.3 is 8.94 Å². The van der Waals surface area contributed by atoms with Gasteiger partial charge in [-0.05, 0) is 19.9 Å². The van der Waals surface area contributed by atoms with E-state index in [0.717, 1.165) is 16.5 Å². The summed E-state index contributed by atoms with van der Waals surface area (Å²) in [6.45, 7) is 3.79. The van der Waals surface area contributed by atoms with E-state index >= 15 is 0 Å². The van der Waals surface area contributed by atoms with Crippen LogP contribution < -0.4 is 10.9 Å². The van der Waals surface area contributed by atoms with Gasteiger partial charge in [0.25, 0.3) is 0 Å². The molecule has 4 aromatic rings. The molecule has 8 nitrogen and oxygen atoms in total. The van der Waals surface area contributed by atoms with Crippen molar-refractivity contribution in [3.05, 3.63) is 71.3 Å². The maximum absolute atomic E-state index is 12.3. The molecule has 30 heavy (non-hydrogen) atoms. The number of nitrogens with zero attached hydrogens (tertiary/aromatic N) is 2. The molecule has 2 heterocycles. The number of carbonyl (C=O) groups excluding carboxylic acids is 2. The summed E-state index contributed by atoms with van der Waals surface area (Å²) in [4.78, 5) is 28.7. The maximum Gasteiger partial charge on any atom is 0.305 e. The van der Waals surface area contributed by atoms with Gasteiger partial charge in [-0.25, -0.2) is 0 Å². The monoisotopic (exact) mass is 404 g/mol. The Kier molecular flexibility index (Phi) is 5.30. The Morgan fingerprint density at radius 3 is 2.53 bits per heavy atom. The Morgan fingerprint density at radius 1 is 1.00 bits per heavy atom. The highest BCUT2D eigenvalue weighted by atomic mass is 16.5. The fraction of sp³-hybridized carbons (Fsp3) is 0.182. The molecule has 0 radical (unpaired) electrons. The summed E-state index contributed by atoms with van der Waals surface area (Å²) in [5.41, 5.74) is 8.07. The molecular weight excluding hydrogens is 384 g/mol. The highest BCUT2D eigenvalue weighted by molar-refractivity contribution is 5.99. The van der Waals surface area contributed by atoms with Crippen LogP contribution in [0, 0.1) is 13.8 Å². The number of amides is 2. The van der Waals surface area contributed by atoms with E-state index in [0.29, 0.717) is 22.9 Å². The molecule has 2 amide bonds. The highest BCUT2D eigenvalue weighted by Crippen LogP contribution is 2.24. The molecule has 0 fully saturated rings. The summed E-state index contributed by atoms with van der Waals surface area (Å²) in [6.07, 6.45) is 0.332. The number of fused-ring (bicyclic) bond motifs is 1. The van der Waals surface area contributed by atoms with Crippen LogP contribution in [-0.2, 0) is 11.2 Å². The molecule has 2 aromatic carbocycles. The smallest absolute Gasteiger partial charge is 0.305 e. The van der Waals surface area contributed by atoms with Gasteiger partial charge >= 0.3 is 5.91 Å². The zero-order chi connectivity index (χ0) is 21.1. The number of carbonyl (C=O) groups is 2. The van der Waals surface area contributed by atoms with Crippen LogP contribution in [0.3, 0.4) is 0 Å². The molecule has 0 spiro atoms. The molecule has 0 saturated heterocycles. The van der Waals surface area contributed by atoms with Gasteiger partial charge in [-0.3, -0.25) is 20.4 Å². The van der Waals surface area contributed by atoms with Gasteiger partial charge in [-0.15, -0.1) is 0 Å². The number of aromatic nitrogens is 2. The number of nitrogens with one attached hydrogen (secondary N) is 2. The standard InChI is InChI=1S/C22H20N4O4/c1-13-7-9-15(10-8-13)21-23-19(30-26-21)12-11-18(27)24-25-22(28)20-14(2)16-5-3-4-6-17(16)29-20/h3-10H,11-12H2,1-2H3,(H,24,27)(H,25,28). The Labute approximate surface area is 172 Å². The van der Waals surface area contributed by atoms with Crippen LogP contribution in [0.25, 0.3) is 22.4 Å². The van der Waals surface area contributed by atoms with Crippen LogP contribution in [0.5, 0.6) is 0 Å². The van der Waals surface area contributed by atoms with Crippen molar-refractivity contribution in [2.45, 2.75) is 26.7 Å². The molecule has 0 aliphatic heterocycles. The van der Waals surface area contributed by atoms with Crippen molar-refractivity contribution in [1.29, 1.82) is 0 Å². The quantitative estimate of drug-likeness (QED) is 0.493. The maximum atomic E-state index is 12.3. The fourth-order valence-electron chi connectivity index (χ4n) is 3.03. The third-order valence-corrected chi connectivity index (χ3v) is 4.71. The first-order chi connectivity index (χ1) is 14.5. The van der Waals surface area contributed by atoms with Gasteiger partial charge in [0.15, 0.2) is 5.76 Å². The van der Waals surface area contributed by atoms with Crippen molar-refractivity contribution >= 4 is 22.8 Å². The van der Waals surface area contributed by atoms with E-state index in [1.165, 1.54) is 0 Å². The van der Waals surface area contributed by atoms with E-state index < -0.39 is 5.91 Å². The number of hydrogen-bond donors (Lipinski definition) is 2. The van der Waals surface area contributed by atoms with Crippen molar-refractivity contribution in [1.82, 2.24) is 21.0 Å². The number of hydrazine groups is 1. The molecule has 2 aromatic heterocycles. The number of rotatable bonds is 5. The summed E-state index contributed by atoms with van der Waals surface area (Å²) in [5, 5.41) is 4.79. The number of aryl methyl sites for hydroxylation is 3. The minimum Gasteiger partial charge on any atom is -0.451 e. The number of para-hydroxylation sites is 1. The lowest BCUT2D eigenvalue weighted by atomic mass is 10.1. The number of benzene rings is 2. The zero-order valence-corrected chi connectivity index (χ0v) is 16.6. The molecule has 0 unspecified atom stereocenters. The molecule has 0 atom stereocenters. The molecule has 0 bridgehead atoms. The van der Waals surface area contributed by atoms with Gasteiger partial charge in [0.1, 0.15) is 5.58 Å². The van der Waals surface area contributed by atoms with Gasteiger partial charge in [-0.2, -0.15) is 4.98 Å². The van der Waals surface area contributed by atoms with E-state index in [4.69, 9.17) is 8.94 Å². The minimum absolute atomic E-state index is 0.0783. The van der Waals surface area contributed by atoms with Crippen molar-refractivity contribution in [3.8, 4) is 11.4 Å². The molecule has 0 saturated carbocycles. The van der Waals surface area contributed by atoms with Crippen molar-refractivity contribution < 1.29 is 18.5 Å². The first-order valence-electron chi connectivity index (χ1n) is 9.48. The van der Waals surface area contributed by atoms with Crippen molar-refractivity contribution in [2.75, 3.05) is 0 Å². The van der Waals surface area contributed by atoms with Crippen LogP contribution in [0.15, 0.2) is 57.5 Å². The number of furan rings is 1. The second-order valence-electron chi connectivity index (χ2n) is 6.93. The third kappa shape index (κ3) is 4.07.